The molecule has 1 heterocycles. The van der Waals surface area contributed by atoms with E-state index >= 15 is 0 Å². The number of ether oxygens (including phenoxy) is 2. The van der Waals surface area contributed by atoms with Crippen LogP contribution in [-0.4, -0.2) is 62.4 Å². The monoisotopic (exact) mass is 577 g/mol. The van der Waals surface area contributed by atoms with E-state index in [1.54, 1.807) is 27.9 Å². The molecule has 0 aromatic heterocycles. The van der Waals surface area contributed by atoms with Gasteiger partial charge in [0.2, 0.25) is 0 Å². The van der Waals surface area contributed by atoms with Crippen LogP contribution in [0.2, 0.25) is 0 Å². The van der Waals surface area contributed by atoms with Gasteiger partial charge in [0, 0.05) is 25.7 Å². The van der Waals surface area contributed by atoms with Crippen molar-refractivity contribution in [1.29, 1.82) is 0 Å². The lowest BCUT2D eigenvalue weighted by Gasteiger charge is -2.41. The van der Waals surface area contributed by atoms with Crippen molar-refractivity contribution < 1.29 is 22.7 Å². The Morgan fingerprint density at radius 2 is 1.54 bits per heavy atom. The van der Waals surface area contributed by atoms with Crippen molar-refractivity contribution in [1.82, 2.24) is 13.9 Å². The highest BCUT2D eigenvalue weighted by molar-refractivity contribution is 7.86. The highest BCUT2D eigenvalue weighted by Crippen LogP contribution is 2.38. The first-order valence-corrected chi connectivity index (χ1v) is 15.7. The van der Waals surface area contributed by atoms with Gasteiger partial charge in [-0.3, -0.25) is 4.79 Å². The van der Waals surface area contributed by atoms with Crippen LogP contribution in [0, 0.1) is 5.92 Å². The number of hydrogen-bond donors (Lipinski definition) is 1. The first-order valence-electron chi connectivity index (χ1n) is 14.3. The average Bonchev–Trinajstić information content (AvgIpc) is 3.04. The number of carbonyl (C=O) groups is 1. The van der Waals surface area contributed by atoms with Crippen LogP contribution in [0.4, 0.5) is 0 Å². The van der Waals surface area contributed by atoms with Gasteiger partial charge in [-0.25, -0.2) is 0 Å². The molecule has 8 nitrogen and oxygen atoms in total. The molecule has 3 aromatic rings. The zero-order valence-electron chi connectivity index (χ0n) is 23.5. The summed E-state index contributed by atoms with van der Waals surface area (Å²) in [4.78, 5) is 13.4. The third kappa shape index (κ3) is 6.98. The van der Waals surface area contributed by atoms with Crippen LogP contribution in [0.15, 0.2) is 84.9 Å². The van der Waals surface area contributed by atoms with E-state index in [2.05, 4.69) is 5.32 Å². The molecule has 2 aliphatic rings. The Morgan fingerprint density at radius 1 is 0.927 bits per heavy atom. The van der Waals surface area contributed by atoms with Crippen LogP contribution in [-0.2, 0) is 21.5 Å². The fraction of sp³-hybridized carbons (Fsp3) is 0.406. The number of carbonyl (C=O) groups excluding carboxylic acids is 1. The van der Waals surface area contributed by atoms with Gasteiger partial charge in [0.15, 0.2) is 0 Å². The molecular formula is C32H39N3O5S. The quantitative estimate of drug-likeness (QED) is 0.374. The first-order chi connectivity index (χ1) is 20.0. The molecule has 3 aromatic carbocycles. The molecule has 0 spiro atoms. The number of methoxy groups -OCH3 is 1. The van der Waals surface area contributed by atoms with E-state index in [0.717, 1.165) is 36.8 Å². The van der Waals surface area contributed by atoms with Crippen molar-refractivity contribution in [3.05, 3.63) is 102 Å². The minimum absolute atomic E-state index is 0.124. The lowest BCUT2D eigenvalue weighted by atomic mass is 9.79. The molecule has 2 fully saturated rings. The molecule has 1 unspecified atom stereocenters. The molecule has 41 heavy (non-hydrogen) atoms. The highest BCUT2D eigenvalue weighted by Gasteiger charge is 2.39. The SMILES string of the molecule is COc1ccccc1C(=O)NC(c1ccccc1)C1CCC(N(Cc2ccccc2)S(=O)(=O)N2CCOCC2)CC1. The van der Waals surface area contributed by atoms with Crippen LogP contribution in [0.5, 0.6) is 5.75 Å². The van der Waals surface area contributed by atoms with Gasteiger partial charge in [0.25, 0.3) is 16.1 Å². The smallest absolute Gasteiger partial charge is 0.282 e. The molecule has 1 N–H and O–H groups in total. The van der Waals surface area contributed by atoms with Crippen molar-refractivity contribution in [3.63, 3.8) is 0 Å². The third-order valence-corrected chi connectivity index (χ3v) is 10.2. The Bertz CT molecular complexity index is 1370. The highest BCUT2D eigenvalue weighted by atomic mass is 32.2. The molecule has 1 aliphatic heterocycles. The largest absolute Gasteiger partial charge is 0.496 e. The maximum absolute atomic E-state index is 13.9. The van der Waals surface area contributed by atoms with E-state index in [-0.39, 0.29) is 23.9 Å². The van der Waals surface area contributed by atoms with Gasteiger partial charge in [-0.2, -0.15) is 17.0 Å². The van der Waals surface area contributed by atoms with Crippen LogP contribution in [0.3, 0.4) is 0 Å². The molecule has 1 aliphatic carbocycles. The summed E-state index contributed by atoms with van der Waals surface area (Å²) in [6.07, 6.45) is 3.02. The fourth-order valence-electron chi connectivity index (χ4n) is 6.00. The number of amides is 1. The average molecular weight is 578 g/mol. The molecule has 1 atom stereocenters. The van der Waals surface area contributed by atoms with E-state index in [0.29, 0.717) is 44.2 Å². The normalized spacial score (nSPS) is 20.8. The van der Waals surface area contributed by atoms with Crippen LogP contribution >= 0.6 is 0 Å². The molecule has 1 saturated heterocycles. The van der Waals surface area contributed by atoms with Crippen molar-refractivity contribution in [2.45, 2.75) is 44.3 Å². The maximum Gasteiger partial charge on any atom is 0.282 e. The molecule has 0 bridgehead atoms. The third-order valence-electron chi connectivity index (χ3n) is 8.19. The summed E-state index contributed by atoms with van der Waals surface area (Å²) < 4.78 is 42.0. The van der Waals surface area contributed by atoms with Gasteiger partial charge in [0.05, 0.1) is 31.9 Å². The minimum atomic E-state index is -3.67. The molecule has 0 radical (unpaired) electrons. The van der Waals surface area contributed by atoms with E-state index in [4.69, 9.17) is 9.47 Å². The number of benzene rings is 3. The number of nitrogens with one attached hydrogen (secondary N) is 1. The summed E-state index contributed by atoms with van der Waals surface area (Å²) in [7, 11) is -2.11. The van der Waals surface area contributed by atoms with Crippen LogP contribution in [0.1, 0.15) is 53.2 Å². The van der Waals surface area contributed by atoms with Crippen LogP contribution in [0.25, 0.3) is 0 Å². The van der Waals surface area contributed by atoms with Gasteiger partial charge < -0.3 is 14.8 Å². The molecule has 1 amide bonds. The first kappa shape index (κ1) is 29.3. The van der Waals surface area contributed by atoms with E-state index < -0.39 is 10.2 Å². The predicted molar refractivity (Wildman–Crippen MR) is 159 cm³/mol. The van der Waals surface area contributed by atoms with Crippen molar-refractivity contribution in [2.75, 3.05) is 33.4 Å². The van der Waals surface area contributed by atoms with Crippen molar-refractivity contribution in [3.8, 4) is 5.75 Å². The topological polar surface area (TPSA) is 88.2 Å². The lowest BCUT2D eigenvalue weighted by molar-refractivity contribution is 0.0674. The van der Waals surface area contributed by atoms with Gasteiger partial charge in [-0.1, -0.05) is 72.8 Å². The molecule has 1 saturated carbocycles. The molecule has 218 valence electrons. The lowest BCUT2D eigenvalue weighted by Crippen LogP contribution is -2.52. The standard InChI is InChI=1S/C32H39N3O5S/c1-39-30-15-9-8-14-29(30)32(36)33-31(26-12-6-3-7-13-26)27-16-18-28(19-17-27)35(24-25-10-4-2-5-11-25)41(37,38)34-20-22-40-23-21-34/h2-15,27-28,31H,16-24H2,1H3,(H,33,36). The fourth-order valence-corrected chi connectivity index (χ4v) is 7.80. The second kappa shape index (κ2) is 13.6. The number of rotatable bonds is 10. The summed E-state index contributed by atoms with van der Waals surface area (Å²) >= 11 is 0. The number of morpholine rings is 1. The molecule has 5 rings (SSSR count). The van der Waals surface area contributed by atoms with Crippen LogP contribution < -0.4 is 10.1 Å². The summed E-state index contributed by atoms with van der Waals surface area (Å²) in [5.74, 6) is 0.515. The summed E-state index contributed by atoms with van der Waals surface area (Å²) in [6, 6.07) is 26.7. The Morgan fingerprint density at radius 3 is 2.20 bits per heavy atom. The molecular weight excluding hydrogens is 538 g/mol. The van der Waals surface area contributed by atoms with Crippen molar-refractivity contribution in [2.24, 2.45) is 5.92 Å². The Kier molecular flexibility index (Phi) is 9.72. The Hall–Kier alpha value is -3.24. The van der Waals surface area contributed by atoms with Gasteiger partial charge in [-0.05, 0) is 54.9 Å². The Labute approximate surface area is 243 Å². The van der Waals surface area contributed by atoms with E-state index in [9.17, 15) is 13.2 Å². The predicted octanol–water partition coefficient (Wildman–Crippen LogP) is 4.80. The van der Waals surface area contributed by atoms with Crippen molar-refractivity contribution >= 4 is 16.1 Å². The maximum atomic E-state index is 13.9. The minimum Gasteiger partial charge on any atom is -0.496 e. The second-order valence-electron chi connectivity index (χ2n) is 10.7. The van der Waals surface area contributed by atoms with Gasteiger partial charge >= 0.3 is 0 Å². The number of hydrogen-bond acceptors (Lipinski definition) is 5. The van der Waals surface area contributed by atoms with E-state index in [1.165, 1.54) is 0 Å². The Balaban J connectivity index is 1.35. The second-order valence-corrected chi connectivity index (χ2v) is 12.6. The summed E-state index contributed by atoms with van der Waals surface area (Å²) in [5, 5.41) is 3.29. The summed E-state index contributed by atoms with van der Waals surface area (Å²) in [5.41, 5.74) is 2.51. The van der Waals surface area contributed by atoms with E-state index in [1.807, 2.05) is 72.8 Å². The van der Waals surface area contributed by atoms with Gasteiger partial charge in [-0.15, -0.1) is 0 Å². The number of para-hydroxylation sites is 1. The zero-order valence-corrected chi connectivity index (χ0v) is 24.3. The molecule has 9 heteroatoms. The van der Waals surface area contributed by atoms with Gasteiger partial charge in [0.1, 0.15) is 5.75 Å². The zero-order chi connectivity index (χ0) is 28.7. The number of nitrogens with zero attached hydrogens (tertiary/aromatic N) is 2. The summed E-state index contributed by atoms with van der Waals surface area (Å²) in [6.45, 7) is 1.90.